The number of ether oxygens (including phenoxy) is 1. The van der Waals surface area contributed by atoms with Crippen molar-refractivity contribution in [3.8, 4) is 11.4 Å². The van der Waals surface area contributed by atoms with Gasteiger partial charge in [-0.1, -0.05) is 18.2 Å². The molecule has 106 valence electrons. The summed E-state index contributed by atoms with van der Waals surface area (Å²) in [6.45, 7) is 0.727. The lowest BCUT2D eigenvalue weighted by Gasteiger charge is -2.11. The van der Waals surface area contributed by atoms with Crippen LogP contribution in [0.15, 0.2) is 67.0 Å². The van der Waals surface area contributed by atoms with Crippen LogP contribution in [-0.2, 0) is 6.54 Å². The molecule has 1 heterocycles. The van der Waals surface area contributed by atoms with Crippen LogP contribution in [0.5, 0.6) is 5.75 Å². The van der Waals surface area contributed by atoms with Gasteiger partial charge < -0.3 is 10.1 Å². The zero-order valence-electron chi connectivity index (χ0n) is 11.9. The van der Waals surface area contributed by atoms with Gasteiger partial charge in [-0.05, 0) is 36.4 Å². The molecular weight excluding hydrogens is 262 g/mol. The Morgan fingerprint density at radius 2 is 1.86 bits per heavy atom. The fraction of sp³-hybridized carbons (Fsp3) is 0.118. The second-order valence-electron chi connectivity index (χ2n) is 4.66. The molecule has 1 aromatic heterocycles. The number of rotatable bonds is 5. The molecule has 0 amide bonds. The third-order valence-electron chi connectivity index (χ3n) is 3.31. The number of aromatic nitrogens is 2. The van der Waals surface area contributed by atoms with Gasteiger partial charge in [-0.25, -0.2) is 4.68 Å². The van der Waals surface area contributed by atoms with Gasteiger partial charge >= 0.3 is 0 Å². The predicted octanol–water partition coefficient (Wildman–Crippen LogP) is 3.49. The standard InChI is InChI=1S/C17H17N3O/c1-21-17-6-3-2-5-14(17)13-18-15-7-9-16(10-8-15)20-12-4-11-19-20/h2-12,18H,13H2,1H3. The maximum Gasteiger partial charge on any atom is 0.123 e. The van der Waals surface area contributed by atoms with Gasteiger partial charge in [0.2, 0.25) is 0 Å². The Labute approximate surface area is 124 Å². The number of hydrogen-bond donors (Lipinski definition) is 1. The van der Waals surface area contributed by atoms with Gasteiger partial charge in [0.05, 0.1) is 12.8 Å². The lowest BCUT2D eigenvalue weighted by Crippen LogP contribution is -2.02. The first-order valence-corrected chi connectivity index (χ1v) is 6.82. The molecule has 0 unspecified atom stereocenters. The van der Waals surface area contributed by atoms with Crippen LogP contribution >= 0.6 is 0 Å². The minimum atomic E-state index is 0.727. The zero-order valence-corrected chi connectivity index (χ0v) is 11.9. The zero-order chi connectivity index (χ0) is 14.5. The van der Waals surface area contributed by atoms with Crippen molar-refractivity contribution in [2.45, 2.75) is 6.54 Å². The fourth-order valence-electron chi connectivity index (χ4n) is 2.20. The first kappa shape index (κ1) is 13.2. The molecule has 0 aliphatic rings. The monoisotopic (exact) mass is 279 g/mol. The van der Waals surface area contributed by atoms with Crippen molar-refractivity contribution in [3.05, 3.63) is 72.6 Å². The van der Waals surface area contributed by atoms with E-state index in [0.717, 1.165) is 29.2 Å². The number of anilines is 1. The molecule has 0 aliphatic carbocycles. The maximum absolute atomic E-state index is 5.35. The average molecular weight is 279 g/mol. The molecule has 21 heavy (non-hydrogen) atoms. The number of nitrogens with one attached hydrogen (secondary N) is 1. The highest BCUT2D eigenvalue weighted by Gasteiger charge is 2.01. The van der Waals surface area contributed by atoms with Gasteiger partial charge in [-0.2, -0.15) is 5.10 Å². The van der Waals surface area contributed by atoms with Crippen LogP contribution in [0.2, 0.25) is 0 Å². The largest absolute Gasteiger partial charge is 0.496 e. The van der Waals surface area contributed by atoms with Gasteiger partial charge in [0, 0.05) is 30.2 Å². The molecule has 0 fully saturated rings. The van der Waals surface area contributed by atoms with E-state index in [2.05, 4.69) is 16.5 Å². The van der Waals surface area contributed by atoms with Crippen molar-refractivity contribution in [2.24, 2.45) is 0 Å². The Morgan fingerprint density at radius 1 is 1.05 bits per heavy atom. The summed E-state index contributed by atoms with van der Waals surface area (Å²) < 4.78 is 7.19. The minimum Gasteiger partial charge on any atom is -0.496 e. The average Bonchev–Trinajstić information content (AvgIpc) is 3.08. The van der Waals surface area contributed by atoms with Crippen molar-refractivity contribution < 1.29 is 4.74 Å². The summed E-state index contributed by atoms with van der Waals surface area (Å²) in [7, 11) is 1.69. The van der Waals surface area contributed by atoms with E-state index in [1.165, 1.54) is 0 Å². The van der Waals surface area contributed by atoms with E-state index in [0.29, 0.717) is 0 Å². The molecule has 0 saturated carbocycles. The van der Waals surface area contributed by atoms with Crippen molar-refractivity contribution in [1.82, 2.24) is 9.78 Å². The lowest BCUT2D eigenvalue weighted by atomic mass is 10.2. The molecule has 3 rings (SSSR count). The molecule has 0 radical (unpaired) electrons. The van der Waals surface area contributed by atoms with Gasteiger partial charge in [-0.15, -0.1) is 0 Å². The van der Waals surface area contributed by atoms with E-state index in [4.69, 9.17) is 4.74 Å². The van der Waals surface area contributed by atoms with E-state index < -0.39 is 0 Å². The van der Waals surface area contributed by atoms with Crippen LogP contribution in [0.1, 0.15) is 5.56 Å². The van der Waals surface area contributed by atoms with E-state index in [1.54, 1.807) is 13.3 Å². The number of hydrogen-bond acceptors (Lipinski definition) is 3. The van der Waals surface area contributed by atoms with E-state index in [1.807, 2.05) is 59.4 Å². The third kappa shape index (κ3) is 3.05. The van der Waals surface area contributed by atoms with Gasteiger partial charge in [0.15, 0.2) is 0 Å². The molecule has 0 saturated heterocycles. The molecule has 2 aromatic carbocycles. The van der Waals surface area contributed by atoms with Crippen molar-refractivity contribution in [1.29, 1.82) is 0 Å². The van der Waals surface area contributed by atoms with Crippen LogP contribution in [0, 0.1) is 0 Å². The van der Waals surface area contributed by atoms with Crippen LogP contribution in [-0.4, -0.2) is 16.9 Å². The number of para-hydroxylation sites is 1. The highest BCUT2D eigenvalue weighted by atomic mass is 16.5. The third-order valence-corrected chi connectivity index (χ3v) is 3.31. The second-order valence-corrected chi connectivity index (χ2v) is 4.66. The molecular formula is C17H17N3O. The highest BCUT2D eigenvalue weighted by Crippen LogP contribution is 2.19. The van der Waals surface area contributed by atoms with Crippen molar-refractivity contribution in [2.75, 3.05) is 12.4 Å². The summed E-state index contributed by atoms with van der Waals surface area (Å²) in [5.74, 6) is 0.901. The van der Waals surface area contributed by atoms with Crippen LogP contribution < -0.4 is 10.1 Å². The smallest absolute Gasteiger partial charge is 0.123 e. The fourth-order valence-corrected chi connectivity index (χ4v) is 2.20. The van der Waals surface area contributed by atoms with E-state index >= 15 is 0 Å². The minimum absolute atomic E-state index is 0.727. The van der Waals surface area contributed by atoms with Crippen LogP contribution in [0.4, 0.5) is 5.69 Å². The van der Waals surface area contributed by atoms with Crippen molar-refractivity contribution >= 4 is 5.69 Å². The van der Waals surface area contributed by atoms with E-state index in [9.17, 15) is 0 Å². The maximum atomic E-state index is 5.35. The summed E-state index contributed by atoms with van der Waals surface area (Å²) in [6, 6.07) is 18.1. The van der Waals surface area contributed by atoms with Crippen LogP contribution in [0.25, 0.3) is 5.69 Å². The van der Waals surface area contributed by atoms with Gasteiger partial charge in [-0.3, -0.25) is 0 Å². The van der Waals surface area contributed by atoms with Crippen molar-refractivity contribution in [3.63, 3.8) is 0 Å². The summed E-state index contributed by atoms with van der Waals surface area (Å²) in [4.78, 5) is 0. The lowest BCUT2D eigenvalue weighted by molar-refractivity contribution is 0.410. The molecule has 1 N–H and O–H groups in total. The summed E-state index contributed by atoms with van der Waals surface area (Å²) in [6.07, 6.45) is 3.70. The van der Waals surface area contributed by atoms with Gasteiger partial charge in [0.1, 0.15) is 5.75 Å². The molecule has 0 atom stereocenters. The summed E-state index contributed by atoms with van der Waals surface area (Å²) in [5, 5.41) is 7.61. The topological polar surface area (TPSA) is 39.1 Å². The normalized spacial score (nSPS) is 10.3. The molecule has 3 aromatic rings. The molecule has 0 spiro atoms. The molecule has 4 nitrogen and oxygen atoms in total. The Morgan fingerprint density at radius 3 is 2.57 bits per heavy atom. The quantitative estimate of drug-likeness (QED) is 0.777. The summed E-state index contributed by atoms with van der Waals surface area (Å²) >= 11 is 0. The Balaban J connectivity index is 1.68. The number of methoxy groups -OCH3 is 1. The Bertz CT molecular complexity index is 690. The number of nitrogens with zero attached hydrogens (tertiary/aromatic N) is 2. The predicted molar refractivity (Wildman–Crippen MR) is 83.9 cm³/mol. The van der Waals surface area contributed by atoms with Gasteiger partial charge in [0.25, 0.3) is 0 Å². The molecule has 0 bridgehead atoms. The Hall–Kier alpha value is -2.75. The highest BCUT2D eigenvalue weighted by molar-refractivity contribution is 5.49. The van der Waals surface area contributed by atoms with E-state index in [-0.39, 0.29) is 0 Å². The first-order valence-electron chi connectivity index (χ1n) is 6.82. The number of benzene rings is 2. The molecule has 4 heteroatoms. The first-order chi connectivity index (χ1) is 10.4. The SMILES string of the molecule is COc1ccccc1CNc1ccc(-n2cccn2)cc1. The Kier molecular flexibility index (Phi) is 3.87. The van der Waals surface area contributed by atoms with Crippen LogP contribution in [0.3, 0.4) is 0 Å². The second kappa shape index (κ2) is 6.13. The summed E-state index contributed by atoms with van der Waals surface area (Å²) in [5.41, 5.74) is 3.25. The molecule has 0 aliphatic heterocycles.